The molecule has 0 bridgehead atoms. The largest absolute Gasteiger partial charge is 0.416 e. The van der Waals surface area contributed by atoms with E-state index in [1.165, 1.54) is 29.8 Å². The number of non-ortho nitro benzene ring substituents is 1. The van der Waals surface area contributed by atoms with Crippen molar-refractivity contribution < 1.29 is 26.5 Å². The van der Waals surface area contributed by atoms with Crippen molar-refractivity contribution in [3.63, 3.8) is 0 Å². The lowest BCUT2D eigenvalue weighted by atomic mass is 10.2. The van der Waals surface area contributed by atoms with Gasteiger partial charge in [0.05, 0.1) is 33.3 Å². The van der Waals surface area contributed by atoms with Crippen molar-refractivity contribution in [2.24, 2.45) is 5.10 Å². The highest BCUT2D eigenvalue weighted by Crippen LogP contribution is 2.30. The average Bonchev–Trinajstić information content (AvgIpc) is 3.07. The van der Waals surface area contributed by atoms with Crippen LogP contribution in [0.15, 0.2) is 52.7 Å². The molecule has 158 valence electrons. The van der Waals surface area contributed by atoms with E-state index in [0.717, 1.165) is 37.7 Å². The lowest BCUT2D eigenvalue weighted by molar-refractivity contribution is -0.385. The van der Waals surface area contributed by atoms with Gasteiger partial charge in [-0.3, -0.25) is 10.1 Å². The predicted octanol–water partition coefficient (Wildman–Crippen LogP) is 3.22. The van der Waals surface area contributed by atoms with E-state index < -0.39 is 32.4 Å². The number of alkyl halides is 3. The second-order valence-corrected chi connectivity index (χ2v) is 8.15. The van der Waals surface area contributed by atoms with Crippen molar-refractivity contribution in [2.75, 3.05) is 7.05 Å². The van der Waals surface area contributed by atoms with Crippen molar-refractivity contribution in [3.05, 3.63) is 69.5 Å². The number of halogens is 3. The van der Waals surface area contributed by atoms with E-state index >= 15 is 0 Å². The van der Waals surface area contributed by atoms with Crippen LogP contribution in [-0.2, 0) is 16.2 Å². The van der Waals surface area contributed by atoms with Crippen molar-refractivity contribution in [3.8, 4) is 0 Å². The molecule has 0 aliphatic rings. The summed E-state index contributed by atoms with van der Waals surface area (Å²) < 4.78 is 66.1. The number of fused-ring (bicyclic) bond motifs is 1. The van der Waals surface area contributed by atoms with Gasteiger partial charge in [-0.15, -0.1) is 0 Å². The van der Waals surface area contributed by atoms with Crippen molar-refractivity contribution in [2.45, 2.75) is 18.0 Å². The number of aromatic nitrogens is 2. The zero-order valence-electron chi connectivity index (χ0n) is 15.5. The van der Waals surface area contributed by atoms with Crippen LogP contribution in [0.4, 0.5) is 18.9 Å². The van der Waals surface area contributed by atoms with Gasteiger partial charge in [-0.1, -0.05) is 6.07 Å². The first-order valence-electron chi connectivity index (χ1n) is 8.24. The fourth-order valence-corrected chi connectivity index (χ4v) is 3.80. The zero-order valence-corrected chi connectivity index (χ0v) is 16.3. The molecule has 13 heteroatoms. The van der Waals surface area contributed by atoms with Crippen LogP contribution < -0.4 is 0 Å². The Morgan fingerprint density at radius 3 is 2.60 bits per heavy atom. The number of sulfonamides is 1. The van der Waals surface area contributed by atoms with Gasteiger partial charge in [0, 0.05) is 30.9 Å². The molecule has 0 unspecified atom stereocenters. The predicted molar refractivity (Wildman–Crippen MR) is 101 cm³/mol. The first kappa shape index (κ1) is 21.2. The number of nitrogens with zero attached hydrogens (tertiary/aromatic N) is 5. The van der Waals surface area contributed by atoms with Gasteiger partial charge in [0.1, 0.15) is 0 Å². The third kappa shape index (κ3) is 3.96. The Balaban J connectivity index is 1.97. The third-order valence-electron chi connectivity index (χ3n) is 4.25. The lowest BCUT2D eigenvalue weighted by Crippen LogP contribution is -2.22. The topological polar surface area (TPSA) is 110 Å². The molecule has 0 N–H and O–H groups in total. The molecule has 3 aromatic rings. The summed E-state index contributed by atoms with van der Waals surface area (Å²) >= 11 is 0. The van der Waals surface area contributed by atoms with Crippen LogP contribution in [-0.4, -0.2) is 40.6 Å². The maximum atomic E-state index is 12.9. The first-order valence-corrected chi connectivity index (χ1v) is 9.68. The Hall–Kier alpha value is -3.48. The van der Waals surface area contributed by atoms with Gasteiger partial charge in [-0.05, 0) is 24.6 Å². The molecule has 3 rings (SSSR count). The lowest BCUT2D eigenvalue weighted by Gasteiger charge is -2.15. The van der Waals surface area contributed by atoms with Gasteiger partial charge in [0.25, 0.3) is 15.7 Å². The fourth-order valence-electron chi connectivity index (χ4n) is 2.60. The summed E-state index contributed by atoms with van der Waals surface area (Å²) in [6, 6.07) is 5.12. The van der Waals surface area contributed by atoms with E-state index in [0.29, 0.717) is 4.41 Å². The molecule has 0 spiro atoms. The summed E-state index contributed by atoms with van der Waals surface area (Å²) in [6.45, 7) is 1.47. The van der Waals surface area contributed by atoms with E-state index in [9.17, 15) is 31.7 Å². The number of benzene rings is 1. The van der Waals surface area contributed by atoms with Gasteiger partial charge in [0.2, 0.25) is 0 Å². The molecule has 2 heterocycles. The van der Waals surface area contributed by atoms with Crippen molar-refractivity contribution in [1.82, 2.24) is 14.0 Å². The summed E-state index contributed by atoms with van der Waals surface area (Å²) in [5.41, 5.74) is -0.796. The third-order valence-corrected chi connectivity index (χ3v) is 6.03. The quantitative estimate of drug-likeness (QED) is 0.343. The number of hydrogen-bond acceptors (Lipinski definition) is 6. The number of rotatable bonds is 5. The maximum absolute atomic E-state index is 12.9. The first-order chi connectivity index (χ1) is 13.9. The minimum Gasteiger partial charge on any atom is -0.258 e. The Bertz CT molecular complexity index is 1270. The Kier molecular flexibility index (Phi) is 5.24. The molecule has 0 aliphatic carbocycles. The Morgan fingerprint density at radius 1 is 1.27 bits per heavy atom. The summed E-state index contributed by atoms with van der Waals surface area (Å²) in [4.78, 5) is 9.91. The monoisotopic (exact) mass is 441 g/mol. The van der Waals surface area contributed by atoms with Gasteiger partial charge in [0.15, 0.2) is 0 Å². The maximum Gasteiger partial charge on any atom is 0.416 e. The fraction of sp³-hybridized carbons (Fsp3) is 0.176. The molecule has 0 amide bonds. The number of aryl methyl sites for hydroxylation is 1. The standard InChI is InChI=1S/C17H14F3N5O4S/c1-11-3-4-14(25(26)27)8-16(11)30(28,29)23(2)21-9-12-10-22-24-6-5-13(7-15(12)24)17(18,19)20/h3-10H,1-2H3. The van der Waals surface area contributed by atoms with Crippen LogP contribution in [0.2, 0.25) is 0 Å². The van der Waals surface area contributed by atoms with Crippen LogP contribution >= 0.6 is 0 Å². The number of hydrazone groups is 1. The molecule has 1 aromatic carbocycles. The van der Waals surface area contributed by atoms with Gasteiger partial charge in [-0.2, -0.15) is 36.2 Å². The van der Waals surface area contributed by atoms with Crippen molar-refractivity contribution >= 4 is 27.4 Å². The highest BCUT2D eigenvalue weighted by Gasteiger charge is 2.31. The molecule has 0 aliphatic heterocycles. The van der Waals surface area contributed by atoms with E-state index in [-0.39, 0.29) is 21.5 Å². The van der Waals surface area contributed by atoms with E-state index in [1.54, 1.807) is 0 Å². The SMILES string of the molecule is Cc1ccc([N+](=O)[O-])cc1S(=O)(=O)N(C)N=Cc1cnn2ccc(C(F)(F)F)cc12. The molecule has 0 saturated heterocycles. The summed E-state index contributed by atoms with van der Waals surface area (Å²) in [5, 5.41) is 18.6. The molecular weight excluding hydrogens is 427 g/mol. The number of hydrogen-bond donors (Lipinski definition) is 0. The second kappa shape index (κ2) is 7.40. The Morgan fingerprint density at radius 2 is 1.97 bits per heavy atom. The summed E-state index contributed by atoms with van der Waals surface area (Å²) in [5.74, 6) is 0. The zero-order chi connectivity index (χ0) is 22.3. The van der Waals surface area contributed by atoms with E-state index in [2.05, 4.69) is 10.2 Å². The highest BCUT2D eigenvalue weighted by atomic mass is 32.2. The van der Waals surface area contributed by atoms with Crippen LogP contribution in [0.1, 0.15) is 16.7 Å². The van der Waals surface area contributed by atoms with Crippen molar-refractivity contribution in [1.29, 1.82) is 0 Å². The molecule has 0 atom stereocenters. The minimum atomic E-state index is -4.56. The molecule has 30 heavy (non-hydrogen) atoms. The van der Waals surface area contributed by atoms with Crippen LogP contribution in [0.25, 0.3) is 5.52 Å². The molecule has 2 aromatic heterocycles. The summed E-state index contributed by atoms with van der Waals surface area (Å²) in [7, 11) is -3.13. The van der Waals surface area contributed by atoms with Crippen LogP contribution in [0.5, 0.6) is 0 Å². The van der Waals surface area contributed by atoms with Crippen LogP contribution in [0.3, 0.4) is 0 Å². The van der Waals surface area contributed by atoms with Gasteiger partial charge >= 0.3 is 6.18 Å². The number of nitro groups is 1. The minimum absolute atomic E-state index is 0.0749. The smallest absolute Gasteiger partial charge is 0.258 e. The molecule has 0 radical (unpaired) electrons. The summed E-state index contributed by atoms with van der Waals surface area (Å²) in [6.07, 6.45) is -1.15. The van der Waals surface area contributed by atoms with Crippen LogP contribution in [0, 0.1) is 17.0 Å². The van der Waals surface area contributed by atoms with E-state index in [1.807, 2.05) is 0 Å². The molecule has 0 saturated carbocycles. The molecule has 0 fully saturated rings. The second-order valence-electron chi connectivity index (χ2n) is 6.23. The number of nitro benzene ring substituents is 1. The van der Waals surface area contributed by atoms with Gasteiger partial charge in [-0.25, -0.2) is 4.52 Å². The molecule has 9 nitrogen and oxygen atoms in total. The molecular formula is C17H14F3N5O4S. The number of pyridine rings is 1. The Labute approximate surface area is 168 Å². The highest BCUT2D eigenvalue weighted by molar-refractivity contribution is 7.89. The van der Waals surface area contributed by atoms with E-state index in [4.69, 9.17) is 0 Å². The normalized spacial score (nSPS) is 12.6. The average molecular weight is 441 g/mol. The van der Waals surface area contributed by atoms with Gasteiger partial charge < -0.3 is 0 Å².